The number of hydrogen-bond acceptors (Lipinski definition) is 5. The first kappa shape index (κ1) is 17.3. The van der Waals surface area contributed by atoms with Crippen LogP contribution in [0, 0.1) is 33.6 Å². The fourth-order valence-corrected chi connectivity index (χ4v) is 2.14. The summed E-state index contributed by atoms with van der Waals surface area (Å²) in [7, 11) is 0. The molecule has 1 aliphatic rings. The van der Waals surface area contributed by atoms with Gasteiger partial charge in [0.15, 0.2) is 0 Å². The predicted octanol–water partition coefficient (Wildman–Crippen LogP) is 2.42. The summed E-state index contributed by atoms with van der Waals surface area (Å²) >= 11 is 0. The van der Waals surface area contributed by atoms with E-state index in [0.717, 1.165) is 16.9 Å². The van der Waals surface area contributed by atoms with Gasteiger partial charge in [0.05, 0.1) is 0 Å². The van der Waals surface area contributed by atoms with E-state index in [9.17, 15) is 0 Å². The molecule has 0 bridgehead atoms. The highest BCUT2D eigenvalue weighted by molar-refractivity contribution is 5.94. The number of terminal acetylenes is 1. The second kappa shape index (κ2) is 8.53. The Labute approximate surface area is 132 Å². The number of aliphatic imine (C=N–C) groups is 2. The van der Waals surface area contributed by atoms with Crippen molar-refractivity contribution in [2.45, 2.75) is 27.2 Å². The molecule has 0 saturated heterocycles. The molecule has 0 amide bonds. The third-order valence-electron chi connectivity index (χ3n) is 2.92. The number of nitrogens with zero attached hydrogens (tertiary/aromatic N) is 2. The fourth-order valence-electron chi connectivity index (χ4n) is 2.14. The van der Waals surface area contributed by atoms with Crippen molar-refractivity contribution in [3.05, 3.63) is 41.1 Å². The Morgan fingerprint density at radius 3 is 2.45 bits per heavy atom. The van der Waals surface area contributed by atoms with E-state index in [2.05, 4.69) is 47.2 Å². The van der Waals surface area contributed by atoms with Crippen molar-refractivity contribution >= 4 is 11.9 Å². The van der Waals surface area contributed by atoms with E-state index in [0.29, 0.717) is 19.0 Å². The summed E-state index contributed by atoms with van der Waals surface area (Å²) in [6.45, 7) is 6.54. The maximum absolute atomic E-state index is 5.94. The van der Waals surface area contributed by atoms with Gasteiger partial charge in [-0.3, -0.25) is 0 Å². The van der Waals surface area contributed by atoms with Crippen LogP contribution >= 0.6 is 0 Å². The van der Waals surface area contributed by atoms with Crippen LogP contribution in [0.25, 0.3) is 0 Å². The summed E-state index contributed by atoms with van der Waals surface area (Å²) in [5.41, 5.74) is 9.12. The molecule has 1 aromatic carbocycles. The molecule has 0 radical (unpaired) electrons. The number of aryl methyl sites for hydroxylation is 3. The van der Waals surface area contributed by atoms with Gasteiger partial charge in [0.2, 0.25) is 11.9 Å². The van der Waals surface area contributed by atoms with Crippen LogP contribution in [-0.4, -0.2) is 18.5 Å². The zero-order valence-electron chi connectivity index (χ0n) is 13.3. The molecule has 5 nitrogen and oxygen atoms in total. The van der Waals surface area contributed by atoms with E-state index in [1.54, 1.807) is 0 Å². The lowest BCUT2D eigenvalue weighted by atomic mass is 10.1. The molecule has 0 aromatic heterocycles. The predicted molar refractivity (Wildman–Crippen MR) is 92.0 cm³/mol. The molecule has 0 fully saturated rings. The maximum Gasteiger partial charge on any atom is 0.220 e. The van der Waals surface area contributed by atoms with Crippen molar-refractivity contribution in [2.24, 2.45) is 15.7 Å². The molecule has 2 rings (SSSR count). The van der Waals surface area contributed by atoms with E-state index in [1.165, 1.54) is 5.56 Å². The minimum absolute atomic E-state index is 0.221. The van der Waals surface area contributed by atoms with Gasteiger partial charge in [-0.25, -0.2) is 4.99 Å². The van der Waals surface area contributed by atoms with Crippen molar-refractivity contribution in [2.75, 3.05) is 6.67 Å². The van der Waals surface area contributed by atoms with E-state index in [1.807, 2.05) is 26.1 Å². The van der Waals surface area contributed by atoms with Crippen molar-refractivity contribution < 1.29 is 4.74 Å². The lowest BCUT2D eigenvalue weighted by Gasteiger charge is -2.13. The molecule has 0 saturated carbocycles. The molecule has 0 unspecified atom stereocenters. The summed E-state index contributed by atoms with van der Waals surface area (Å²) in [4.78, 5) is 8.29. The summed E-state index contributed by atoms with van der Waals surface area (Å²) in [5, 5.41) is 3.00. The Bertz CT molecular complexity index is 604. The second-order valence-electron chi connectivity index (χ2n) is 4.82. The third kappa shape index (κ3) is 4.98. The van der Waals surface area contributed by atoms with Gasteiger partial charge < -0.3 is 15.8 Å². The Hall–Kier alpha value is -2.74. The van der Waals surface area contributed by atoms with Gasteiger partial charge >= 0.3 is 0 Å². The highest BCUT2D eigenvalue weighted by atomic mass is 16.5. The first-order valence-electron chi connectivity index (χ1n) is 6.91. The average molecular weight is 298 g/mol. The van der Waals surface area contributed by atoms with Crippen molar-refractivity contribution in [1.29, 1.82) is 0 Å². The summed E-state index contributed by atoms with van der Waals surface area (Å²) in [6.07, 6.45) is 12.3. The highest BCUT2D eigenvalue weighted by Crippen LogP contribution is 2.25. The van der Waals surface area contributed by atoms with Crippen LogP contribution in [0.1, 0.15) is 23.1 Å². The molecule has 0 aliphatic carbocycles. The number of hydrogen-bond donors (Lipinski definition) is 2. The molecule has 3 N–H and O–H groups in total. The first-order valence-corrected chi connectivity index (χ1v) is 6.91. The van der Waals surface area contributed by atoms with E-state index in [-0.39, 0.29) is 5.96 Å². The van der Waals surface area contributed by atoms with Crippen LogP contribution in [0.15, 0.2) is 34.4 Å². The molecule has 1 aromatic rings. The largest absolute Gasteiger partial charge is 0.442 e. The number of benzene rings is 1. The zero-order valence-corrected chi connectivity index (χ0v) is 13.3. The number of rotatable bonds is 1. The number of nitrogens with one attached hydrogen (secondary N) is 1. The molecule has 1 heterocycles. The van der Waals surface area contributed by atoms with Gasteiger partial charge in [-0.2, -0.15) is 4.99 Å². The summed E-state index contributed by atoms with van der Waals surface area (Å²) in [5.74, 6) is 1.60. The average Bonchev–Trinajstić information content (AvgIpc) is 2.57. The first-order chi connectivity index (χ1) is 10.6. The molecular formula is C17H22N4O. The molecule has 0 spiro atoms. The quantitative estimate of drug-likeness (QED) is 0.782. The molecule has 22 heavy (non-hydrogen) atoms. The second-order valence-corrected chi connectivity index (χ2v) is 4.82. The minimum atomic E-state index is 0.221. The van der Waals surface area contributed by atoms with Gasteiger partial charge in [-0.05, 0) is 38.1 Å². The Kier molecular flexibility index (Phi) is 6.71. The number of guanidine groups is 1. The monoisotopic (exact) mass is 298 g/mol. The van der Waals surface area contributed by atoms with Crippen molar-refractivity contribution in [3.63, 3.8) is 0 Å². The van der Waals surface area contributed by atoms with Gasteiger partial charge in [0.25, 0.3) is 0 Å². The van der Waals surface area contributed by atoms with Gasteiger partial charge in [-0.15, -0.1) is 12.8 Å². The maximum atomic E-state index is 5.94. The Morgan fingerprint density at radius 2 is 1.82 bits per heavy atom. The van der Waals surface area contributed by atoms with Crippen LogP contribution in [0.4, 0.5) is 0 Å². The van der Waals surface area contributed by atoms with Crippen LogP contribution < -0.4 is 15.8 Å². The van der Waals surface area contributed by atoms with E-state index in [4.69, 9.17) is 10.5 Å². The lowest BCUT2D eigenvalue weighted by molar-refractivity contribution is 0.531. The zero-order chi connectivity index (χ0) is 16.5. The molecule has 116 valence electrons. The van der Waals surface area contributed by atoms with Gasteiger partial charge in [0.1, 0.15) is 12.4 Å². The van der Waals surface area contributed by atoms with Crippen LogP contribution in [-0.2, 0) is 0 Å². The highest BCUT2D eigenvalue weighted by Gasteiger charge is 2.09. The minimum Gasteiger partial charge on any atom is -0.442 e. The fraction of sp³-hybridized carbons (Fsp3) is 0.294. The number of ether oxygens (including phenoxy) is 1. The smallest absolute Gasteiger partial charge is 0.220 e. The van der Waals surface area contributed by atoms with Crippen LogP contribution in [0.5, 0.6) is 5.75 Å². The molecule has 0 atom stereocenters. The Morgan fingerprint density at radius 1 is 1.18 bits per heavy atom. The normalized spacial score (nSPS) is 20.2. The summed E-state index contributed by atoms with van der Waals surface area (Å²) in [6, 6.07) is 4.18. The molecular weight excluding hydrogens is 276 g/mol. The standard InChI is InChI=1S/C15H20N4O.C2H2/c1-10-7-11(2)14(12(3)8-10)20-13-5-4-6-17-9-18-15(16)19-13;1-2/h4,6-8,17H,5,9H2,1-3H3,(H2,16,18);1-2H/b6-4-,19-13+;. The SMILES string of the molecule is C#C.Cc1cc(C)c(O/C2=N/C(N)=N\CN/C=C\C2)c(C)c1. The van der Waals surface area contributed by atoms with Gasteiger partial charge in [0, 0.05) is 6.42 Å². The lowest BCUT2D eigenvalue weighted by Crippen LogP contribution is -2.17. The van der Waals surface area contributed by atoms with Crippen LogP contribution in [0.2, 0.25) is 0 Å². The molecule has 5 heteroatoms. The topological polar surface area (TPSA) is 72.0 Å². The third-order valence-corrected chi connectivity index (χ3v) is 2.92. The Balaban J connectivity index is 0.00000116. The summed E-state index contributed by atoms with van der Waals surface area (Å²) < 4.78 is 5.94. The van der Waals surface area contributed by atoms with Crippen LogP contribution in [0.3, 0.4) is 0 Å². The van der Waals surface area contributed by atoms with Gasteiger partial charge in [-0.1, -0.05) is 23.8 Å². The van der Waals surface area contributed by atoms with E-state index >= 15 is 0 Å². The number of nitrogens with two attached hydrogens (primary N) is 1. The van der Waals surface area contributed by atoms with Crippen molar-refractivity contribution in [1.82, 2.24) is 5.32 Å². The molecule has 1 aliphatic heterocycles. The van der Waals surface area contributed by atoms with Crippen molar-refractivity contribution in [3.8, 4) is 18.6 Å². The van der Waals surface area contributed by atoms with E-state index < -0.39 is 0 Å².